The zero-order valence-corrected chi connectivity index (χ0v) is 17.3. The monoisotopic (exact) mass is 356 g/mol. The summed E-state index contributed by atoms with van der Waals surface area (Å²) >= 11 is 0. The van der Waals surface area contributed by atoms with E-state index in [4.69, 9.17) is 9.47 Å². The predicted molar refractivity (Wildman–Crippen MR) is 107 cm³/mol. The molecular formula is C22H44O3. The van der Waals surface area contributed by atoms with Gasteiger partial charge in [0.15, 0.2) is 6.10 Å². The molecule has 0 heterocycles. The Bertz CT molecular complexity index is 278. The second kappa shape index (κ2) is 19.8. The molecular weight excluding hydrogens is 312 g/mol. The molecule has 25 heavy (non-hydrogen) atoms. The minimum atomic E-state index is -0.371. The van der Waals surface area contributed by atoms with Crippen molar-refractivity contribution in [1.82, 2.24) is 0 Å². The zero-order chi connectivity index (χ0) is 18.6. The van der Waals surface area contributed by atoms with Crippen molar-refractivity contribution in [2.24, 2.45) is 0 Å². The highest BCUT2D eigenvalue weighted by atomic mass is 16.6. The number of carbonyl (C=O) groups excluding carboxylic acids is 1. The molecule has 0 spiro atoms. The van der Waals surface area contributed by atoms with Gasteiger partial charge in [-0.05, 0) is 19.3 Å². The quantitative estimate of drug-likeness (QED) is 0.188. The van der Waals surface area contributed by atoms with Crippen LogP contribution in [0, 0.1) is 0 Å². The maximum atomic E-state index is 12.0. The number of esters is 1. The summed E-state index contributed by atoms with van der Waals surface area (Å²) in [5, 5.41) is 0. The molecule has 0 aromatic rings. The predicted octanol–water partition coefficient (Wildman–Crippen LogP) is 6.83. The first-order chi connectivity index (χ1) is 12.3. The molecule has 3 heteroatoms. The molecule has 3 nitrogen and oxygen atoms in total. The third-order valence-corrected chi connectivity index (χ3v) is 4.69. The molecule has 0 saturated heterocycles. The highest BCUT2D eigenvalue weighted by Crippen LogP contribution is 2.10. The maximum Gasteiger partial charge on any atom is 0.335 e. The smallest absolute Gasteiger partial charge is 0.335 e. The standard InChI is InChI=1S/C22H44O3/c1-4-7-9-11-13-15-17-19-24-21(6-3)22(23)25-20-18-16-14-12-10-8-5-2/h21H,4-20H2,1-3H3. The highest BCUT2D eigenvalue weighted by molar-refractivity contribution is 5.74. The van der Waals surface area contributed by atoms with Crippen LogP contribution in [0.1, 0.15) is 117 Å². The fourth-order valence-corrected chi connectivity index (χ4v) is 2.96. The number of hydrogen-bond acceptors (Lipinski definition) is 3. The Hall–Kier alpha value is -0.570. The second-order valence-electron chi connectivity index (χ2n) is 7.18. The van der Waals surface area contributed by atoms with Gasteiger partial charge in [0, 0.05) is 6.61 Å². The first-order valence-electron chi connectivity index (χ1n) is 11.0. The van der Waals surface area contributed by atoms with E-state index >= 15 is 0 Å². The van der Waals surface area contributed by atoms with Crippen LogP contribution in [0.15, 0.2) is 0 Å². The van der Waals surface area contributed by atoms with Gasteiger partial charge in [-0.15, -0.1) is 0 Å². The van der Waals surface area contributed by atoms with Crippen LogP contribution in [0.3, 0.4) is 0 Å². The molecule has 0 amide bonds. The number of hydrogen-bond donors (Lipinski definition) is 0. The van der Waals surface area contributed by atoms with Gasteiger partial charge in [0.25, 0.3) is 0 Å². The molecule has 1 unspecified atom stereocenters. The van der Waals surface area contributed by atoms with Crippen LogP contribution in [-0.4, -0.2) is 25.3 Å². The normalized spacial score (nSPS) is 12.3. The Morgan fingerprint density at radius 1 is 0.640 bits per heavy atom. The molecule has 0 aliphatic carbocycles. The molecule has 0 N–H and O–H groups in total. The summed E-state index contributed by atoms with van der Waals surface area (Å²) in [5.74, 6) is -0.170. The average Bonchev–Trinajstić information content (AvgIpc) is 2.62. The van der Waals surface area contributed by atoms with Crippen LogP contribution >= 0.6 is 0 Å². The van der Waals surface area contributed by atoms with Crippen LogP contribution in [-0.2, 0) is 14.3 Å². The lowest BCUT2D eigenvalue weighted by Crippen LogP contribution is -2.26. The molecule has 0 aliphatic heterocycles. The molecule has 0 fully saturated rings. The number of unbranched alkanes of at least 4 members (excludes halogenated alkanes) is 12. The van der Waals surface area contributed by atoms with E-state index < -0.39 is 0 Å². The van der Waals surface area contributed by atoms with Crippen molar-refractivity contribution in [3.05, 3.63) is 0 Å². The topological polar surface area (TPSA) is 35.5 Å². The van der Waals surface area contributed by atoms with E-state index in [0.717, 1.165) is 19.3 Å². The van der Waals surface area contributed by atoms with Gasteiger partial charge in [0.2, 0.25) is 0 Å². The number of ether oxygens (including phenoxy) is 2. The fraction of sp³-hybridized carbons (Fsp3) is 0.955. The largest absolute Gasteiger partial charge is 0.464 e. The van der Waals surface area contributed by atoms with Crippen LogP contribution in [0.25, 0.3) is 0 Å². The Morgan fingerprint density at radius 3 is 1.56 bits per heavy atom. The molecule has 0 bridgehead atoms. The first kappa shape index (κ1) is 24.4. The lowest BCUT2D eigenvalue weighted by Gasteiger charge is -2.15. The molecule has 0 saturated carbocycles. The molecule has 0 radical (unpaired) electrons. The Balaban J connectivity index is 3.51. The summed E-state index contributed by atoms with van der Waals surface area (Å²) in [7, 11) is 0. The second-order valence-corrected chi connectivity index (χ2v) is 7.18. The van der Waals surface area contributed by atoms with E-state index in [2.05, 4.69) is 13.8 Å². The van der Waals surface area contributed by atoms with Gasteiger partial charge in [-0.1, -0.05) is 97.8 Å². The van der Waals surface area contributed by atoms with E-state index in [1.165, 1.54) is 70.6 Å². The third-order valence-electron chi connectivity index (χ3n) is 4.69. The molecule has 0 aromatic carbocycles. The average molecular weight is 357 g/mol. The summed E-state index contributed by atoms with van der Waals surface area (Å²) in [6, 6.07) is 0. The van der Waals surface area contributed by atoms with Crippen molar-refractivity contribution in [2.45, 2.75) is 123 Å². The van der Waals surface area contributed by atoms with E-state index in [-0.39, 0.29) is 12.1 Å². The Morgan fingerprint density at radius 2 is 1.08 bits per heavy atom. The van der Waals surface area contributed by atoms with Crippen molar-refractivity contribution in [2.75, 3.05) is 13.2 Å². The number of rotatable bonds is 19. The number of carbonyl (C=O) groups is 1. The van der Waals surface area contributed by atoms with Gasteiger partial charge in [-0.2, -0.15) is 0 Å². The SMILES string of the molecule is CCCCCCCCCOC(=O)C(CC)OCCCCCCCCC. The lowest BCUT2D eigenvalue weighted by molar-refractivity contribution is -0.157. The summed E-state index contributed by atoms with van der Waals surface area (Å²) in [6.45, 7) is 7.69. The van der Waals surface area contributed by atoms with Gasteiger partial charge in [0.05, 0.1) is 6.61 Å². The minimum Gasteiger partial charge on any atom is -0.464 e. The summed E-state index contributed by atoms with van der Waals surface area (Å²) < 4.78 is 11.1. The maximum absolute atomic E-state index is 12.0. The van der Waals surface area contributed by atoms with Crippen molar-refractivity contribution < 1.29 is 14.3 Å². The van der Waals surface area contributed by atoms with Gasteiger partial charge < -0.3 is 9.47 Å². The lowest BCUT2D eigenvalue weighted by atomic mass is 10.1. The summed E-state index contributed by atoms with van der Waals surface area (Å²) in [5.41, 5.74) is 0. The third kappa shape index (κ3) is 16.6. The minimum absolute atomic E-state index is 0.170. The van der Waals surface area contributed by atoms with Gasteiger partial charge in [-0.25, -0.2) is 4.79 Å². The summed E-state index contributed by atoms with van der Waals surface area (Å²) in [4.78, 5) is 12.0. The fourth-order valence-electron chi connectivity index (χ4n) is 2.96. The van der Waals surface area contributed by atoms with E-state index in [0.29, 0.717) is 19.6 Å². The van der Waals surface area contributed by atoms with Crippen LogP contribution < -0.4 is 0 Å². The first-order valence-corrected chi connectivity index (χ1v) is 11.0. The Kier molecular flexibility index (Phi) is 19.3. The van der Waals surface area contributed by atoms with E-state index in [9.17, 15) is 4.79 Å². The molecule has 150 valence electrons. The zero-order valence-electron chi connectivity index (χ0n) is 17.3. The van der Waals surface area contributed by atoms with Crippen LogP contribution in [0.5, 0.6) is 0 Å². The van der Waals surface area contributed by atoms with Gasteiger partial charge >= 0.3 is 5.97 Å². The highest BCUT2D eigenvalue weighted by Gasteiger charge is 2.18. The van der Waals surface area contributed by atoms with Crippen molar-refractivity contribution >= 4 is 5.97 Å². The van der Waals surface area contributed by atoms with Gasteiger partial charge in [0.1, 0.15) is 0 Å². The molecule has 1 atom stereocenters. The van der Waals surface area contributed by atoms with Crippen molar-refractivity contribution in [3.63, 3.8) is 0 Å². The van der Waals surface area contributed by atoms with Crippen LogP contribution in [0.2, 0.25) is 0 Å². The molecule has 0 aliphatic rings. The van der Waals surface area contributed by atoms with Crippen molar-refractivity contribution in [3.8, 4) is 0 Å². The van der Waals surface area contributed by atoms with E-state index in [1.54, 1.807) is 0 Å². The van der Waals surface area contributed by atoms with E-state index in [1.807, 2.05) is 6.92 Å². The van der Waals surface area contributed by atoms with Crippen LogP contribution in [0.4, 0.5) is 0 Å². The molecule has 0 aromatic heterocycles. The Labute approximate surface area is 157 Å². The van der Waals surface area contributed by atoms with Crippen molar-refractivity contribution in [1.29, 1.82) is 0 Å². The van der Waals surface area contributed by atoms with Gasteiger partial charge in [-0.3, -0.25) is 0 Å². The summed E-state index contributed by atoms with van der Waals surface area (Å²) in [6.07, 6.45) is 17.8. The molecule has 0 rings (SSSR count).